The number of aliphatic hydroxyl groups excluding tert-OH is 1. The lowest BCUT2D eigenvalue weighted by molar-refractivity contribution is -0.137. The van der Waals surface area contributed by atoms with Crippen LogP contribution < -0.4 is 0 Å². The Kier molecular flexibility index (Phi) is 2.98. The van der Waals surface area contributed by atoms with Crippen LogP contribution in [0.25, 0.3) is 0 Å². The van der Waals surface area contributed by atoms with Gasteiger partial charge in [0.1, 0.15) is 0 Å². The van der Waals surface area contributed by atoms with Gasteiger partial charge in [-0.1, -0.05) is 0 Å². The maximum absolute atomic E-state index is 11.7. The van der Waals surface area contributed by atoms with Gasteiger partial charge in [-0.25, -0.2) is 5.01 Å². The summed E-state index contributed by atoms with van der Waals surface area (Å²) in [5, 5.41) is 13.1. The zero-order valence-corrected chi connectivity index (χ0v) is 9.52. The van der Waals surface area contributed by atoms with Gasteiger partial charge in [-0.2, -0.15) is 0 Å². The summed E-state index contributed by atoms with van der Waals surface area (Å²) in [6.07, 6.45) is 3.54. The van der Waals surface area contributed by atoms with E-state index in [2.05, 4.69) is 5.01 Å². The predicted octanol–water partition coefficient (Wildman–Crippen LogP) is 0.615. The van der Waals surface area contributed by atoms with Crippen molar-refractivity contribution in [2.75, 3.05) is 13.6 Å². The first kappa shape index (κ1) is 10.9. The maximum Gasteiger partial charge on any atom is 0.238 e. The molecular formula is C11H20N2O2. The van der Waals surface area contributed by atoms with E-state index in [4.69, 9.17) is 0 Å². The van der Waals surface area contributed by atoms with Crippen LogP contribution in [-0.2, 0) is 4.79 Å². The van der Waals surface area contributed by atoms with Crippen molar-refractivity contribution in [3.63, 3.8) is 0 Å². The molecule has 1 aliphatic carbocycles. The third-order valence-corrected chi connectivity index (χ3v) is 3.46. The molecule has 2 aliphatic rings. The van der Waals surface area contributed by atoms with Gasteiger partial charge in [0.25, 0.3) is 0 Å². The molecule has 2 atom stereocenters. The molecule has 1 N–H and O–H groups in total. The van der Waals surface area contributed by atoms with Gasteiger partial charge in [-0.15, -0.1) is 0 Å². The van der Waals surface area contributed by atoms with Crippen LogP contribution in [-0.4, -0.2) is 46.8 Å². The monoisotopic (exact) mass is 212 g/mol. The van der Waals surface area contributed by atoms with E-state index < -0.39 is 0 Å². The molecule has 1 saturated carbocycles. The summed E-state index contributed by atoms with van der Waals surface area (Å²) >= 11 is 0. The van der Waals surface area contributed by atoms with Gasteiger partial charge >= 0.3 is 0 Å². The van der Waals surface area contributed by atoms with Gasteiger partial charge in [-0.05, 0) is 32.1 Å². The molecule has 0 radical (unpaired) electrons. The number of aliphatic hydroxyl groups is 1. The molecule has 0 bridgehead atoms. The van der Waals surface area contributed by atoms with Crippen LogP contribution in [0.2, 0.25) is 0 Å². The highest BCUT2D eigenvalue weighted by molar-refractivity contribution is 5.78. The molecule has 0 aromatic rings. The molecule has 15 heavy (non-hydrogen) atoms. The molecular weight excluding hydrogens is 192 g/mol. The summed E-state index contributed by atoms with van der Waals surface area (Å²) in [5.41, 5.74) is 0. The second-order valence-electron chi connectivity index (χ2n) is 4.84. The van der Waals surface area contributed by atoms with E-state index in [0.717, 1.165) is 5.92 Å². The molecule has 4 heteroatoms. The highest BCUT2D eigenvalue weighted by Gasteiger charge is 2.43. The molecule has 2 fully saturated rings. The Balaban J connectivity index is 1.90. The zero-order valence-electron chi connectivity index (χ0n) is 9.52. The van der Waals surface area contributed by atoms with Crippen molar-refractivity contribution < 1.29 is 9.90 Å². The molecule has 0 spiro atoms. The minimum Gasteiger partial charge on any atom is -0.393 e. The normalized spacial score (nSPS) is 29.9. The molecule has 1 aliphatic heterocycles. The van der Waals surface area contributed by atoms with Gasteiger partial charge in [0.05, 0.1) is 6.10 Å². The number of carbonyl (C=O) groups excluding carboxylic acids is 1. The molecule has 0 aromatic heterocycles. The Morgan fingerprint density at radius 2 is 2.20 bits per heavy atom. The lowest BCUT2D eigenvalue weighted by atomic mass is 10.1. The van der Waals surface area contributed by atoms with E-state index in [1.54, 1.807) is 11.9 Å². The summed E-state index contributed by atoms with van der Waals surface area (Å²) in [6.45, 7) is 2.41. The minimum absolute atomic E-state index is 0.218. The molecule has 2 unspecified atom stereocenters. The molecule has 0 aromatic carbocycles. The van der Waals surface area contributed by atoms with E-state index in [9.17, 15) is 9.90 Å². The largest absolute Gasteiger partial charge is 0.393 e. The van der Waals surface area contributed by atoms with Crippen molar-refractivity contribution in [1.29, 1.82) is 0 Å². The number of hydrogen-bond donors (Lipinski definition) is 1. The van der Waals surface area contributed by atoms with Crippen molar-refractivity contribution >= 4 is 5.91 Å². The van der Waals surface area contributed by atoms with Gasteiger partial charge in [0, 0.05) is 26.1 Å². The fraction of sp³-hybridized carbons (Fsp3) is 0.909. The second-order valence-corrected chi connectivity index (χ2v) is 4.84. The number of rotatable bonds is 4. The van der Waals surface area contributed by atoms with Crippen molar-refractivity contribution in [3.8, 4) is 0 Å². The van der Waals surface area contributed by atoms with Crippen LogP contribution >= 0.6 is 0 Å². The highest BCUT2D eigenvalue weighted by Crippen LogP contribution is 2.39. The standard InChI is InChI=1S/C11H20N2O2/c1-8(14)5-6-13-11(15)7-10(12(13)2)9-3-4-9/h8-10,14H,3-7H2,1-2H3. The third-order valence-electron chi connectivity index (χ3n) is 3.46. The van der Waals surface area contributed by atoms with Crippen LogP contribution in [0.3, 0.4) is 0 Å². The average molecular weight is 212 g/mol. The van der Waals surface area contributed by atoms with E-state index in [-0.39, 0.29) is 12.0 Å². The van der Waals surface area contributed by atoms with Gasteiger partial charge in [0.15, 0.2) is 0 Å². The molecule has 2 rings (SSSR count). The topological polar surface area (TPSA) is 43.8 Å². The fourth-order valence-electron chi connectivity index (χ4n) is 2.32. The summed E-state index contributed by atoms with van der Waals surface area (Å²) in [6, 6.07) is 0.423. The van der Waals surface area contributed by atoms with Crippen molar-refractivity contribution in [1.82, 2.24) is 10.0 Å². The first-order valence-corrected chi connectivity index (χ1v) is 5.80. The molecule has 4 nitrogen and oxygen atoms in total. The smallest absolute Gasteiger partial charge is 0.238 e. The summed E-state index contributed by atoms with van der Waals surface area (Å²) in [4.78, 5) is 11.7. The summed E-state index contributed by atoms with van der Waals surface area (Å²) < 4.78 is 0. The first-order chi connectivity index (χ1) is 7.09. The van der Waals surface area contributed by atoms with E-state index in [1.165, 1.54) is 12.8 Å². The zero-order chi connectivity index (χ0) is 11.0. The fourth-order valence-corrected chi connectivity index (χ4v) is 2.32. The Morgan fingerprint density at radius 3 is 2.73 bits per heavy atom. The molecule has 1 amide bonds. The van der Waals surface area contributed by atoms with Crippen LogP contribution in [0.5, 0.6) is 0 Å². The van der Waals surface area contributed by atoms with Crippen LogP contribution in [0.15, 0.2) is 0 Å². The quantitative estimate of drug-likeness (QED) is 0.742. The van der Waals surface area contributed by atoms with Crippen molar-refractivity contribution in [3.05, 3.63) is 0 Å². The Morgan fingerprint density at radius 1 is 1.53 bits per heavy atom. The Labute approximate surface area is 90.8 Å². The van der Waals surface area contributed by atoms with Gasteiger partial charge < -0.3 is 5.11 Å². The number of hydrogen-bond acceptors (Lipinski definition) is 3. The Bertz CT molecular complexity index is 251. The van der Waals surface area contributed by atoms with Crippen LogP contribution in [0, 0.1) is 5.92 Å². The lowest BCUT2D eigenvalue weighted by Crippen LogP contribution is -2.41. The van der Waals surface area contributed by atoms with E-state index in [1.807, 2.05) is 7.05 Å². The third kappa shape index (κ3) is 2.32. The SMILES string of the molecule is CC(O)CCN1C(=O)CC(C2CC2)N1C. The van der Waals surface area contributed by atoms with Gasteiger partial charge in [-0.3, -0.25) is 9.80 Å². The minimum atomic E-state index is -0.328. The van der Waals surface area contributed by atoms with Crippen LogP contribution in [0.1, 0.15) is 32.6 Å². The van der Waals surface area contributed by atoms with E-state index >= 15 is 0 Å². The molecule has 1 heterocycles. The van der Waals surface area contributed by atoms with Crippen molar-refractivity contribution in [2.45, 2.75) is 44.8 Å². The number of amides is 1. The first-order valence-electron chi connectivity index (χ1n) is 5.80. The predicted molar refractivity (Wildman–Crippen MR) is 56.9 cm³/mol. The molecule has 1 saturated heterocycles. The summed E-state index contributed by atoms with van der Waals surface area (Å²) in [5.74, 6) is 0.950. The molecule has 86 valence electrons. The Hall–Kier alpha value is -0.610. The van der Waals surface area contributed by atoms with E-state index in [0.29, 0.717) is 25.4 Å². The number of nitrogens with zero attached hydrogens (tertiary/aromatic N) is 2. The second kappa shape index (κ2) is 4.10. The maximum atomic E-state index is 11.7. The lowest BCUT2D eigenvalue weighted by Gasteiger charge is -2.28. The highest BCUT2D eigenvalue weighted by atomic mass is 16.3. The van der Waals surface area contributed by atoms with Crippen LogP contribution in [0.4, 0.5) is 0 Å². The average Bonchev–Trinajstić information content (AvgIpc) is 2.93. The van der Waals surface area contributed by atoms with Gasteiger partial charge in [0.2, 0.25) is 5.91 Å². The van der Waals surface area contributed by atoms with Crippen molar-refractivity contribution in [2.24, 2.45) is 5.92 Å². The summed E-state index contributed by atoms with van der Waals surface area (Å²) in [7, 11) is 2.00. The number of hydrazine groups is 1. The number of carbonyl (C=O) groups is 1.